The van der Waals surface area contributed by atoms with Crippen LogP contribution in [-0.4, -0.2) is 24.5 Å². The second kappa shape index (κ2) is 9.54. The standard InChI is InChI=1S/C24H29NO3/c1-17-7-6-10-22(18(17)2)25-23(26)16-28-24(27)15-19-11-13-21(14-12-19)20-8-4-3-5-9-20/h3-5,8-9,11-14,17-18,22H,6-7,10,15-16H2,1-2H3,(H,25,26)/t17-,18-,22-/m1/s1. The zero-order chi connectivity index (χ0) is 19.9. The first-order valence-corrected chi connectivity index (χ1v) is 10.1. The molecule has 148 valence electrons. The maximum absolute atomic E-state index is 12.1. The van der Waals surface area contributed by atoms with Gasteiger partial charge in [0.25, 0.3) is 5.91 Å². The molecule has 0 heterocycles. The molecule has 1 saturated carbocycles. The van der Waals surface area contributed by atoms with Crippen LogP contribution in [0.25, 0.3) is 11.1 Å². The molecule has 4 heteroatoms. The van der Waals surface area contributed by atoms with Gasteiger partial charge in [-0.05, 0) is 34.9 Å². The molecular weight excluding hydrogens is 350 g/mol. The van der Waals surface area contributed by atoms with E-state index in [1.54, 1.807) is 0 Å². The lowest BCUT2D eigenvalue weighted by Crippen LogP contribution is -2.45. The van der Waals surface area contributed by atoms with Crippen LogP contribution in [0.15, 0.2) is 54.6 Å². The first-order chi connectivity index (χ1) is 13.5. The lowest BCUT2D eigenvalue weighted by atomic mass is 9.78. The highest BCUT2D eigenvalue weighted by molar-refractivity contribution is 5.81. The predicted octanol–water partition coefficient (Wildman–Crippen LogP) is 4.38. The summed E-state index contributed by atoms with van der Waals surface area (Å²) in [6, 6.07) is 18.1. The van der Waals surface area contributed by atoms with E-state index in [-0.39, 0.29) is 30.9 Å². The quantitative estimate of drug-likeness (QED) is 0.758. The van der Waals surface area contributed by atoms with Crippen LogP contribution < -0.4 is 5.32 Å². The Kier molecular flexibility index (Phi) is 6.85. The molecule has 28 heavy (non-hydrogen) atoms. The molecule has 2 aromatic carbocycles. The molecule has 0 aromatic heterocycles. The number of carbonyl (C=O) groups excluding carboxylic acids is 2. The molecule has 0 unspecified atom stereocenters. The SMILES string of the molecule is C[C@@H]1[C@H](C)CCC[C@H]1NC(=O)COC(=O)Cc1ccc(-c2ccccc2)cc1. The van der Waals surface area contributed by atoms with E-state index in [0.717, 1.165) is 29.5 Å². The lowest BCUT2D eigenvalue weighted by molar-refractivity contribution is -0.148. The summed E-state index contributed by atoms with van der Waals surface area (Å²) >= 11 is 0. The third-order valence-electron chi connectivity index (χ3n) is 5.83. The van der Waals surface area contributed by atoms with Gasteiger partial charge in [-0.25, -0.2) is 0 Å². The molecule has 1 amide bonds. The van der Waals surface area contributed by atoms with Gasteiger partial charge in [-0.15, -0.1) is 0 Å². The van der Waals surface area contributed by atoms with Crippen molar-refractivity contribution in [3.63, 3.8) is 0 Å². The lowest BCUT2D eigenvalue weighted by Gasteiger charge is -2.34. The Morgan fingerprint density at radius 3 is 2.36 bits per heavy atom. The molecule has 1 fully saturated rings. The molecule has 2 aromatic rings. The minimum atomic E-state index is -0.382. The zero-order valence-electron chi connectivity index (χ0n) is 16.7. The molecule has 1 aliphatic carbocycles. The van der Waals surface area contributed by atoms with E-state index >= 15 is 0 Å². The first kappa shape index (κ1) is 20.1. The van der Waals surface area contributed by atoms with Crippen molar-refractivity contribution in [2.24, 2.45) is 11.8 Å². The Balaban J connectivity index is 1.44. The summed E-state index contributed by atoms with van der Waals surface area (Å²) in [5.41, 5.74) is 3.12. The van der Waals surface area contributed by atoms with Crippen LogP contribution in [0, 0.1) is 11.8 Å². The maximum atomic E-state index is 12.1. The number of carbonyl (C=O) groups is 2. The van der Waals surface area contributed by atoms with Gasteiger partial charge in [0.1, 0.15) is 0 Å². The average Bonchev–Trinajstić information content (AvgIpc) is 2.71. The van der Waals surface area contributed by atoms with Crippen molar-refractivity contribution >= 4 is 11.9 Å². The normalized spacial score (nSPS) is 21.7. The maximum Gasteiger partial charge on any atom is 0.310 e. The monoisotopic (exact) mass is 379 g/mol. The van der Waals surface area contributed by atoms with E-state index in [2.05, 4.69) is 31.3 Å². The Bertz CT molecular complexity index is 785. The van der Waals surface area contributed by atoms with Crippen LogP contribution in [0.3, 0.4) is 0 Å². The van der Waals surface area contributed by atoms with Gasteiger partial charge < -0.3 is 10.1 Å². The number of hydrogen-bond donors (Lipinski definition) is 1. The van der Waals surface area contributed by atoms with Crippen LogP contribution >= 0.6 is 0 Å². The molecule has 1 aliphatic rings. The zero-order valence-corrected chi connectivity index (χ0v) is 16.7. The molecule has 0 saturated heterocycles. The highest BCUT2D eigenvalue weighted by Gasteiger charge is 2.28. The largest absolute Gasteiger partial charge is 0.455 e. The van der Waals surface area contributed by atoms with Crippen molar-refractivity contribution in [3.8, 4) is 11.1 Å². The topological polar surface area (TPSA) is 55.4 Å². The van der Waals surface area contributed by atoms with Gasteiger partial charge in [0.05, 0.1) is 6.42 Å². The minimum Gasteiger partial charge on any atom is -0.455 e. The number of esters is 1. The Morgan fingerprint density at radius 2 is 1.64 bits per heavy atom. The number of benzene rings is 2. The predicted molar refractivity (Wildman–Crippen MR) is 111 cm³/mol. The fourth-order valence-electron chi connectivity index (χ4n) is 3.84. The van der Waals surface area contributed by atoms with Gasteiger partial charge in [0.2, 0.25) is 0 Å². The van der Waals surface area contributed by atoms with Crippen LogP contribution in [-0.2, 0) is 20.7 Å². The van der Waals surface area contributed by atoms with Crippen molar-refractivity contribution in [1.29, 1.82) is 0 Å². The first-order valence-electron chi connectivity index (χ1n) is 10.1. The summed E-state index contributed by atoms with van der Waals surface area (Å²) in [4.78, 5) is 24.2. The summed E-state index contributed by atoms with van der Waals surface area (Å²) in [5, 5.41) is 3.03. The van der Waals surface area contributed by atoms with Crippen molar-refractivity contribution in [2.45, 2.75) is 45.6 Å². The van der Waals surface area contributed by atoms with E-state index in [0.29, 0.717) is 11.8 Å². The number of ether oxygens (including phenoxy) is 1. The molecule has 1 N–H and O–H groups in total. The van der Waals surface area contributed by atoms with Gasteiger partial charge in [-0.3, -0.25) is 9.59 Å². The van der Waals surface area contributed by atoms with Crippen molar-refractivity contribution < 1.29 is 14.3 Å². The van der Waals surface area contributed by atoms with Crippen LogP contribution in [0.5, 0.6) is 0 Å². The molecular formula is C24H29NO3. The van der Waals surface area contributed by atoms with E-state index in [9.17, 15) is 9.59 Å². The van der Waals surface area contributed by atoms with Crippen molar-refractivity contribution in [3.05, 3.63) is 60.2 Å². The number of nitrogens with one attached hydrogen (secondary N) is 1. The average molecular weight is 380 g/mol. The third-order valence-corrected chi connectivity index (χ3v) is 5.83. The Labute approximate surface area is 167 Å². The minimum absolute atomic E-state index is 0.166. The molecule has 3 atom stereocenters. The van der Waals surface area contributed by atoms with E-state index in [1.165, 1.54) is 6.42 Å². The van der Waals surface area contributed by atoms with Crippen LogP contribution in [0.4, 0.5) is 0 Å². The summed E-state index contributed by atoms with van der Waals surface area (Å²) in [6.45, 7) is 4.20. The molecule has 0 spiro atoms. The number of hydrogen-bond acceptors (Lipinski definition) is 3. The van der Waals surface area contributed by atoms with Gasteiger partial charge in [-0.2, -0.15) is 0 Å². The van der Waals surface area contributed by atoms with Crippen molar-refractivity contribution in [1.82, 2.24) is 5.32 Å². The van der Waals surface area contributed by atoms with Gasteiger partial charge in [0, 0.05) is 6.04 Å². The fourth-order valence-corrected chi connectivity index (χ4v) is 3.84. The van der Waals surface area contributed by atoms with Crippen LogP contribution in [0.1, 0.15) is 38.7 Å². The smallest absolute Gasteiger partial charge is 0.310 e. The Morgan fingerprint density at radius 1 is 0.964 bits per heavy atom. The highest BCUT2D eigenvalue weighted by Crippen LogP contribution is 2.29. The summed E-state index contributed by atoms with van der Waals surface area (Å²) in [7, 11) is 0. The number of amides is 1. The van der Waals surface area contributed by atoms with Crippen molar-refractivity contribution in [2.75, 3.05) is 6.61 Å². The Hall–Kier alpha value is -2.62. The molecule has 3 rings (SSSR count). The molecule has 4 nitrogen and oxygen atoms in total. The van der Waals surface area contributed by atoms with E-state index in [1.807, 2.05) is 42.5 Å². The van der Waals surface area contributed by atoms with Gasteiger partial charge >= 0.3 is 5.97 Å². The fraction of sp³-hybridized carbons (Fsp3) is 0.417. The summed E-state index contributed by atoms with van der Waals surface area (Å²) < 4.78 is 5.18. The highest BCUT2D eigenvalue weighted by atomic mass is 16.5. The molecule has 0 aliphatic heterocycles. The van der Waals surface area contributed by atoms with Gasteiger partial charge in [0.15, 0.2) is 6.61 Å². The van der Waals surface area contributed by atoms with E-state index < -0.39 is 0 Å². The molecule has 0 bridgehead atoms. The van der Waals surface area contributed by atoms with E-state index in [4.69, 9.17) is 4.74 Å². The second-order valence-electron chi connectivity index (χ2n) is 7.84. The van der Waals surface area contributed by atoms with Gasteiger partial charge in [-0.1, -0.05) is 81.3 Å². The summed E-state index contributed by atoms with van der Waals surface area (Å²) in [6.07, 6.45) is 3.51. The summed E-state index contributed by atoms with van der Waals surface area (Å²) in [5.74, 6) is 0.475. The molecule has 0 radical (unpaired) electrons. The number of rotatable bonds is 6. The third kappa shape index (κ3) is 5.44. The van der Waals surface area contributed by atoms with Crippen LogP contribution in [0.2, 0.25) is 0 Å². The second-order valence-corrected chi connectivity index (χ2v) is 7.84.